The highest BCUT2D eigenvalue weighted by Crippen LogP contribution is 2.37. The first-order valence-corrected chi connectivity index (χ1v) is 6.47. The summed E-state index contributed by atoms with van der Waals surface area (Å²) in [5, 5.41) is 3.51. The van der Waals surface area contributed by atoms with Crippen molar-refractivity contribution in [3.63, 3.8) is 0 Å². The maximum absolute atomic E-state index is 5.29. The summed E-state index contributed by atoms with van der Waals surface area (Å²) in [4.78, 5) is 2.63. The van der Waals surface area contributed by atoms with Gasteiger partial charge in [0.15, 0.2) is 0 Å². The van der Waals surface area contributed by atoms with E-state index in [1.54, 1.807) is 7.11 Å². The fraction of sp³-hybridized carbons (Fsp3) is 1.00. The van der Waals surface area contributed by atoms with E-state index in [1.807, 2.05) is 0 Å². The van der Waals surface area contributed by atoms with Crippen molar-refractivity contribution < 1.29 is 4.74 Å². The number of likely N-dealkylation sites (tertiary alicyclic amines) is 1. The maximum atomic E-state index is 5.29. The number of nitrogens with one attached hydrogen (secondary N) is 1. The average molecular weight is 263 g/mol. The summed E-state index contributed by atoms with van der Waals surface area (Å²) < 4.78 is 5.29. The fourth-order valence-corrected chi connectivity index (χ4v) is 3.35. The molecule has 1 spiro atoms. The zero-order valence-corrected chi connectivity index (χ0v) is 12.2. The van der Waals surface area contributed by atoms with Gasteiger partial charge in [-0.3, -0.25) is 0 Å². The highest BCUT2D eigenvalue weighted by molar-refractivity contribution is 5.85. The Bertz CT molecular complexity index is 240. The predicted molar refractivity (Wildman–Crippen MR) is 73.9 cm³/mol. The summed E-state index contributed by atoms with van der Waals surface area (Å²) in [7, 11) is 1.80. The molecule has 1 N–H and O–H groups in total. The average Bonchev–Trinajstić information content (AvgIpc) is 2.77. The van der Waals surface area contributed by atoms with E-state index in [1.165, 1.54) is 45.6 Å². The lowest BCUT2D eigenvalue weighted by atomic mass is 9.86. The lowest BCUT2D eigenvalue weighted by Gasteiger charge is -2.30. The van der Waals surface area contributed by atoms with E-state index < -0.39 is 0 Å². The number of halogens is 1. The number of hydrogen-bond donors (Lipinski definition) is 1. The summed E-state index contributed by atoms with van der Waals surface area (Å²) in [5.41, 5.74) is 0.884. The summed E-state index contributed by atoms with van der Waals surface area (Å²) >= 11 is 0. The van der Waals surface area contributed by atoms with Crippen LogP contribution in [0.15, 0.2) is 0 Å². The van der Waals surface area contributed by atoms with E-state index in [0.717, 1.165) is 6.61 Å². The van der Waals surface area contributed by atoms with Crippen LogP contribution in [0.2, 0.25) is 0 Å². The molecule has 3 nitrogen and oxygen atoms in total. The van der Waals surface area contributed by atoms with Crippen LogP contribution >= 0.6 is 12.4 Å². The summed E-state index contributed by atoms with van der Waals surface area (Å²) in [5.74, 6) is 0. The first kappa shape index (κ1) is 15.2. The summed E-state index contributed by atoms with van der Waals surface area (Å²) in [6, 6.07) is 0. The summed E-state index contributed by atoms with van der Waals surface area (Å²) in [6.07, 6.45) is 2.75. The molecule has 0 saturated carbocycles. The van der Waals surface area contributed by atoms with Crippen LogP contribution in [0.25, 0.3) is 0 Å². The standard InChI is InChI=1S/C13H26N2O.ClH/c1-12(2,11-16-3)9-15-7-5-13(10-15)4-6-14-8-13;/h14H,4-11H2,1-3H3;1H. The van der Waals surface area contributed by atoms with Crippen LogP contribution in [0.3, 0.4) is 0 Å². The minimum atomic E-state index is 0. The molecular weight excluding hydrogens is 236 g/mol. The van der Waals surface area contributed by atoms with Crippen LogP contribution < -0.4 is 5.32 Å². The smallest absolute Gasteiger partial charge is 0.0525 e. The van der Waals surface area contributed by atoms with E-state index >= 15 is 0 Å². The van der Waals surface area contributed by atoms with Crippen LogP contribution in [0.1, 0.15) is 26.7 Å². The molecule has 0 aromatic carbocycles. The monoisotopic (exact) mass is 262 g/mol. The van der Waals surface area contributed by atoms with Gasteiger partial charge in [-0.1, -0.05) is 13.8 Å². The van der Waals surface area contributed by atoms with Crippen LogP contribution in [0.5, 0.6) is 0 Å². The third-order valence-electron chi connectivity index (χ3n) is 4.04. The second-order valence-corrected chi connectivity index (χ2v) is 6.48. The number of ether oxygens (including phenoxy) is 1. The van der Waals surface area contributed by atoms with Gasteiger partial charge in [0.2, 0.25) is 0 Å². The molecule has 4 heteroatoms. The van der Waals surface area contributed by atoms with E-state index in [-0.39, 0.29) is 17.8 Å². The minimum Gasteiger partial charge on any atom is -0.384 e. The van der Waals surface area contributed by atoms with Crippen molar-refractivity contribution in [2.45, 2.75) is 26.7 Å². The molecule has 0 aromatic rings. The van der Waals surface area contributed by atoms with Crippen LogP contribution in [-0.4, -0.2) is 51.3 Å². The van der Waals surface area contributed by atoms with E-state index in [9.17, 15) is 0 Å². The normalized spacial score (nSPS) is 29.8. The lowest BCUT2D eigenvalue weighted by Crippen LogP contribution is -2.37. The van der Waals surface area contributed by atoms with Gasteiger partial charge >= 0.3 is 0 Å². The van der Waals surface area contributed by atoms with Gasteiger partial charge in [-0.25, -0.2) is 0 Å². The van der Waals surface area contributed by atoms with Crippen molar-refractivity contribution >= 4 is 12.4 Å². The molecule has 2 saturated heterocycles. The van der Waals surface area contributed by atoms with Gasteiger partial charge in [0.25, 0.3) is 0 Å². The van der Waals surface area contributed by atoms with E-state index in [4.69, 9.17) is 4.74 Å². The van der Waals surface area contributed by atoms with Crippen molar-refractivity contribution in [1.82, 2.24) is 10.2 Å². The second-order valence-electron chi connectivity index (χ2n) is 6.48. The molecule has 1 unspecified atom stereocenters. The molecule has 102 valence electrons. The number of hydrogen-bond acceptors (Lipinski definition) is 3. The van der Waals surface area contributed by atoms with Gasteiger partial charge in [0.1, 0.15) is 0 Å². The Labute approximate surface area is 112 Å². The van der Waals surface area contributed by atoms with Crippen LogP contribution in [-0.2, 0) is 4.74 Å². The highest BCUT2D eigenvalue weighted by atomic mass is 35.5. The van der Waals surface area contributed by atoms with Gasteiger partial charge in [-0.2, -0.15) is 0 Å². The minimum absolute atomic E-state index is 0. The quantitative estimate of drug-likeness (QED) is 0.836. The van der Waals surface area contributed by atoms with E-state index in [0.29, 0.717) is 5.41 Å². The predicted octanol–water partition coefficient (Wildman–Crippen LogP) is 1.77. The number of rotatable bonds is 4. The number of methoxy groups -OCH3 is 1. The van der Waals surface area contributed by atoms with Gasteiger partial charge in [0, 0.05) is 32.2 Å². The molecule has 0 bridgehead atoms. The molecule has 17 heavy (non-hydrogen) atoms. The Kier molecular flexibility index (Phi) is 5.26. The lowest BCUT2D eigenvalue weighted by molar-refractivity contribution is 0.0737. The summed E-state index contributed by atoms with van der Waals surface area (Å²) in [6.45, 7) is 11.6. The maximum Gasteiger partial charge on any atom is 0.0525 e. The topological polar surface area (TPSA) is 24.5 Å². The molecule has 2 aliphatic heterocycles. The zero-order chi connectivity index (χ0) is 11.6. The molecule has 0 aromatic heterocycles. The molecular formula is C13H27ClN2O. The van der Waals surface area contributed by atoms with Crippen molar-refractivity contribution in [1.29, 1.82) is 0 Å². The highest BCUT2D eigenvalue weighted by Gasteiger charge is 2.41. The van der Waals surface area contributed by atoms with Gasteiger partial charge in [-0.05, 0) is 31.3 Å². The van der Waals surface area contributed by atoms with Crippen LogP contribution in [0.4, 0.5) is 0 Å². The Morgan fingerprint density at radius 1 is 1.35 bits per heavy atom. The molecule has 2 fully saturated rings. The molecule has 1 atom stereocenters. The van der Waals surface area contributed by atoms with Crippen molar-refractivity contribution in [2.75, 3.05) is 46.4 Å². The second kappa shape index (κ2) is 5.87. The molecule has 0 amide bonds. The molecule has 2 aliphatic rings. The first-order valence-electron chi connectivity index (χ1n) is 6.47. The van der Waals surface area contributed by atoms with Gasteiger partial charge < -0.3 is 15.0 Å². The van der Waals surface area contributed by atoms with Gasteiger partial charge in [0.05, 0.1) is 6.61 Å². The van der Waals surface area contributed by atoms with E-state index in [2.05, 4.69) is 24.1 Å². The zero-order valence-electron chi connectivity index (χ0n) is 11.4. The Morgan fingerprint density at radius 2 is 2.12 bits per heavy atom. The third kappa shape index (κ3) is 3.82. The molecule has 0 radical (unpaired) electrons. The number of nitrogens with zero attached hydrogens (tertiary/aromatic N) is 1. The van der Waals surface area contributed by atoms with Crippen molar-refractivity contribution in [3.8, 4) is 0 Å². The fourth-order valence-electron chi connectivity index (χ4n) is 3.35. The first-order chi connectivity index (χ1) is 7.55. The van der Waals surface area contributed by atoms with Crippen molar-refractivity contribution in [3.05, 3.63) is 0 Å². The molecule has 2 rings (SSSR count). The Hall–Kier alpha value is 0.170. The Balaban J connectivity index is 0.00000144. The SMILES string of the molecule is COCC(C)(C)CN1CCC2(CCNC2)C1.Cl. The largest absolute Gasteiger partial charge is 0.384 e. The Morgan fingerprint density at radius 3 is 2.71 bits per heavy atom. The third-order valence-corrected chi connectivity index (χ3v) is 4.04. The van der Waals surface area contributed by atoms with Gasteiger partial charge in [-0.15, -0.1) is 12.4 Å². The van der Waals surface area contributed by atoms with Crippen LogP contribution in [0, 0.1) is 10.8 Å². The van der Waals surface area contributed by atoms with Crippen molar-refractivity contribution in [2.24, 2.45) is 10.8 Å². The molecule has 0 aliphatic carbocycles. The molecule has 2 heterocycles.